The number of phenolic OH excluding ortho intramolecular Hbond substituents is 1. The van der Waals surface area contributed by atoms with Gasteiger partial charge in [-0.3, -0.25) is 14.9 Å². The normalized spacial score (nSPS) is 11.3. The zero-order valence-electron chi connectivity index (χ0n) is 19.7. The van der Waals surface area contributed by atoms with Crippen molar-refractivity contribution in [1.29, 1.82) is 5.26 Å². The van der Waals surface area contributed by atoms with E-state index in [0.29, 0.717) is 5.75 Å². The monoisotopic (exact) mass is 493 g/mol. The van der Waals surface area contributed by atoms with Gasteiger partial charge in [-0.2, -0.15) is 10.4 Å². The topological polar surface area (TPSA) is 164 Å². The SMILES string of the molecule is COc1cc(/C(O)=C(\C#N)C(=O)N(C)CCOc2ccc(C)c(-n3cccn3)c2)cc([N+](=O)[O-])c1O. The summed E-state index contributed by atoms with van der Waals surface area (Å²) in [6.07, 6.45) is 3.47. The van der Waals surface area contributed by atoms with Crippen molar-refractivity contribution in [2.24, 2.45) is 0 Å². The predicted molar refractivity (Wildman–Crippen MR) is 128 cm³/mol. The molecule has 0 bridgehead atoms. The minimum atomic E-state index is -0.880. The number of carbonyl (C=O) groups is 1. The summed E-state index contributed by atoms with van der Waals surface area (Å²) < 4.78 is 12.3. The first-order chi connectivity index (χ1) is 17.2. The second kappa shape index (κ2) is 10.9. The molecule has 36 heavy (non-hydrogen) atoms. The molecular formula is C24H23N5O7. The van der Waals surface area contributed by atoms with E-state index in [-0.39, 0.29) is 24.5 Å². The zero-order valence-corrected chi connectivity index (χ0v) is 19.7. The van der Waals surface area contributed by atoms with Gasteiger partial charge in [0.2, 0.25) is 5.75 Å². The van der Waals surface area contributed by atoms with Crippen molar-refractivity contribution < 1.29 is 29.4 Å². The van der Waals surface area contributed by atoms with E-state index in [9.17, 15) is 30.4 Å². The van der Waals surface area contributed by atoms with Gasteiger partial charge in [0.1, 0.15) is 24.2 Å². The molecule has 0 saturated carbocycles. The molecule has 0 spiro atoms. The Morgan fingerprint density at radius 2 is 2.08 bits per heavy atom. The fourth-order valence-electron chi connectivity index (χ4n) is 3.30. The average molecular weight is 493 g/mol. The molecule has 0 saturated heterocycles. The molecule has 186 valence electrons. The second-order valence-electron chi connectivity index (χ2n) is 7.61. The van der Waals surface area contributed by atoms with Crippen LogP contribution in [0.1, 0.15) is 11.1 Å². The fourth-order valence-corrected chi connectivity index (χ4v) is 3.30. The number of ether oxygens (including phenoxy) is 2. The summed E-state index contributed by atoms with van der Waals surface area (Å²) in [6, 6.07) is 10.8. The Morgan fingerprint density at radius 3 is 2.69 bits per heavy atom. The number of nitro benzene ring substituents is 1. The Hall–Kier alpha value is -5.05. The third-order valence-corrected chi connectivity index (χ3v) is 5.28. The highest BCUT2D eigenvalue weighted by Gasteiger charge is 2.25. The van der Waals surface area contributed by atoms with Crippen molar-refractivity contribution in [3.63, 3.8) is 0 Å². The minimum absolute atomic E-state index is 0.0708. The summed E-state index contributed by atoms with van der Waals surface area (Å²) in [6.45, 7) is 2.09. The van der Waals surface area contributed by atoms with Crippen LogP contribution < -0.4 is 9.47 Å². The van der Waals surface area contributed by atoms with Gasteiger partial charge in [0, 0.05) is 37.1 Å². The molecule has 0 atom stereocenters. The quantitative estimate of drug-likeness (QED) is 0.150. The lowest BCUT2D eigenvalue weighted by atomic mass is 10.1. The number of aryl methyl sites for hydroxylation is 1. The van der Waals surface area contributed by atoms with Gasteiger partial charge in [0.15, 0.2) is 11.3 Å². The van der Waals surface area contributed by atoms with Crippen molar-refractivity contribution in [2.45, 2.75) is 6.92 Å². The molecule has 0 fully saturated rings. The molecule has 1 aromatic heterocycles. The molecule has 12 nitrogen and oxygen atoms in total. The van der Waals surface area contributed by atoms with Gasteiger partial charge in [-0.25, -0.2) is 4.68 Å². The van der Waals surface area contributed by atoms with E-state index in [1.54, 1.807) is 35.3 Å². The van der Waals surface area contributed by atoms with E-state index in [4.69, 9.17) is 9.47 Å². The molecule has 0 aliphatic carbocycles. The number of nitro groups is 1. The van der Waals surface area contributed by atoms with E-state index >= 15 is 0 Å². The number of phenols is 1. The Balaban J connectivity index is 1.75. The van der Waals surface area contributed by atoms with Gasteiger partial charge in [0.05, 0.1) is 24.3 Å². The maximum absolute atomic E-state index is 12.8. The summed E-state index contributed by atoms with van der Waals surface area (Å²) in [7, 11) is 2.58. The number of amides is 1. The van der Waals surface area contributed by atoms with Gasteiger partial charge < -0.3 is 24.6 Å². The summed E-state index contributed by atoms with van der Waals surface area (Å²) in [5, 5.41) is 45.4. The van der Waals surface area contributed by atoms with Crippen LogP contribution in [0.15, 0.2) is 54.4 Å². The average Bonchev–Trinajstić information content (AvgIpc) is 3.40. The summed E-state index contributed by atoms with van der Waals surface area (Å²) in [4.78, 5) is 24.3. The number of benzene rings is 2. The van der Waals surface area contributed by atoms with E-state index in [1.165, 1.54) is 19.1 Å². The molecule has 0 radical (unpaired) electrons. The van der Waals surface area contributed by atoms with Crippen LogP contribution in [-0.2, 0) is 4.79 Å². The van der Waals surface area contributed by atoms with Crippen LogP contribution in [0.2, 0.25) is 0 Å². The molecule has 2 aromatic carbocycles. The van der Waals surface area contributed by atoms with E-state index < -0.39 is 33.6 Å². The number of methoxy groups -OCH3 is 1. The fraction of sp³-hybridized carbons (Fsp3) is 0.208. The highest BCUT2D eigenvalue weighted by Crippen LogP contribution is 2.38. The summed E-state index contributed by atoms with van der Waals surface area (Å²) in [5.41, 5.74) is 0.186. The Kier molecular flexibility index (Phi) is 7.75. The Labute approximate surface area is 206 Å². The van der Waals surface area contributed by atoms with Crippen LogP contribution in [0, 0.1) is 28.4 Å². The van der Waals surface area contributed by atoms with Crippen molar-refractivity contribution in [3.05, 3.63) is 75.6 Å². The van der Waals surface area contributed by atoms with Crippen LogP contribution in [0.5, 0.6) is 17.2 Å². The number of likely N-dealkylation sites (N-methyl/N-ethyl adjacent to an activating group) is 1. The lowest BCUT2D eigenvalue weighted by molar-refractivity contribution is -0.386. The van der Waals surface area contributed by atoms with Gasteiger partial charge in [-0.1, -0.05) is 6.07 Å². The molecule has 2 N–H and O–H groups in total. The standard InChI is InChI=1S/C24H23N5O7/c1-15-5-6-17(13-19(15)28-8-4-7-26-28)36-10-9-27(2)24(32)18(14-25)22(30)16-11-20(29(33)34)23(31)21(12-16)35-3/h4-8,11-13,30-31H,9-10H2,1-3H3/b22-18-. The first kappa shape index (κ1) is 25.6. The largest absolute Gasteiger partial charge is 0.506 e. The zero-order chi connectivity index (χ0) is 26.4. The number of hydrogen-bond donors (Lipinski definition) is 2. The highest BCUT2D eigenvalue weighted by molar-refractivity contribution is 6.03. The number of rotatable bonds is 9. The van der Waals surface area contributed by atoms with Crippen molar-refractivity contribution >= 4 is 17.4 Å². The lowest BCUT2D eigenvalue weighted by Gasteiger charge is -2.18. The van der Waals surface area contributed by atoms with E-state index in [1.807, 2.05) is 19.1 Å². The third-order valence-electron chi connectivity index (χ3n) is 5.28. The van der Waals surface area contributed by atoms with E-state index in [0.717, 1.165) is 23.4 Å². The van der Waals surface area contributed by atoms with Gasteiger partial charge in [0.25, 0.3) is 5.91 Å². The maximum Gasteiger partial charge on any atom is 0.315 e. The second-order valence-corrected chi connectivity index (χ2v) is 7.61. The summed E-state index contributed by atoms with van der Waals surface area (Å²) >= 11 is 0. The van der Waals surface area contributed by atoms with Crippen LogP contribution in [0.25, 0.3) is 11.4 Å². The van der Waals surface area contributed by atoms with Gasteiger partial charge in [-0.15, -0.1) is 0 Å². The molecule has 0 unspecified atom stereocenters. The van der Waals surface area contributed by atoms with Crippen molar-refractivity contribution in [2.75, 3.05) is 27.3 Å². The number of nitriles is 1. The molecular weight excluding hydrogens is 470 g/mol. The number of carbonyl (C=O) groups excluding carboxylic acids is 1. The smallest absolute Gasteiger partial charge is 0.315 e. The number of nitrogens with zero attached hydrogens (tertiary/aromatic N) is 5. The number of aromatic hydroxyl groups is 1. The first-order valence-electron chi connectivity index (χ1n) is 10.6. The molecule has 1 heterocycles. The molecule has 1 amide bonds. The predicted octanol–water partition coefficient (Wildman–Crippen LogP) is 3.13. The molecule has 0 aliphatic rings. The van der Waals surface area contributed by atoms with Gasteiger partial charge in [-0.05, 0) is 30.7 Å². The molecule has 12 heteroatoms. The van der Waals surface area contributed by atoms with Crippen LogP contribution in [-0.4, -0.2) is 63.0 Å². The molecule has 3 rings (SSSR count). The Morgan fingerprint density at radius 1 is 1.33 bits per heavy atom. The number of aromatic nitrogens is 2. The maximum atomic E-state index is 12.8. The van der Waals surface area contributed by atoms with Crippen molar-refractivity contribution in [3.8, 4) is 29.0 Å². The minimum Gasteiger partial charge on any atom is -0.506 e. The van der Waals surface area contributed by atoms with Gasteiger partial charge >= 0.3 is 5.69 Å². The number of hydrogen-bond acceptors (Lipinski definition) is 9. The molecule has 0 aliphatic heterocycles. The van der Waals surface area contributed by atoms with Crippen molar-refractivity contribution in [1.82, 2.24) is 14.7 Å². The number of aliphatic hydroxyl groups excluding tert-OH is 1. The highest BCUT2D eigenvalue weighted by atomic mass is 16.6. The molecule has 3 aromatic rings. The third kappa shape index (κ3) is 5.36. The lowest BCUT2D eigenvalue weighted by Crippen LogP contribution is -2.32. The van der Waals surface area contributed by atoms with Crippen LogP contribution >= 0.6 is 0 Å². The Bertz CT molecular complexity index is 1360. The number of aliphatic hydroxyl groups is 1. The van der Waals surface area contributed by atoms with Crippen LogP contribution in [0.4, 0.5) is 5.69 Å². The summed E-state index contributed by atoms with van der Waals surface area (Å²) in [5.74, 6) is -2.11. The first-order valence-corrected chi connectivity index (χ1v) is 10.6. The van der Waals surface area contributed by atoms with E-state index in [2.05, 4.69) is 5.10 Å². The van der Waals surface area contributed by atoms with Crippen LogP contribution in [0.3, 0.4) is 0 Å².